The Morgan fingerprint density at radius 3 is 2.17 bits per heavy atom. The number of carbonyl (C=O) groups is 1. The molecule has 5 fully saturated rings. The van der Waals surface area contributed by atoms with E-state index in [9.17, 15) is 4.79 Å². The number of hydrogen-bond acceptors (Lipinski definition) is 1. The Morgan fingerprint density at radius 1 is 1.04 bits per heavy atom. The molecule has 3 nitrogen and oxygen atoms in total. The lowest BCUT2D eigenvalue weighted by Crippen LogP contribution is -2.56. The van der Waals surface area contributed by atoms with Gasteiger partial charge in [-0.15, -0.1) is 0 Å². The summed E-state index contributed by atoms with van der Waals surface area (Å²) in [7, 11) is 0. The molecule has 5 aliphatic rings. The summed E-state index contributed by atoms with van der Waals surface area (Å²) in [5, 5.41) is 6.29. The van der Waals surface area contributed by atoms with Gasteiger partial charge in [-0.2, -0.15) is 0 Å². The van der Waals surface area contributed by atoms with Crippen LogP contribution in [0.3, 0.4) is 0 Å². The van der Waals surface area contributed by atoms with E-state index in [0.717, 1.165) is 30.6 Å². The van der Waals surface area contributed by atoms with Crippen LogP contribution in [-0.2, 0) is 0 Å². The molecule has 5 rings (SSSR count). The van der Waals surface area contributed by atoms with Crippen LogP contribution in [0, 0.1) is 23.2 Å². The molecule has 0 radical (unpaired) electrons. The van der Waals surface area contributed by atoms with E-state index in [0.29, 0.717) is 11.5 Å². The molecular weight excluding hydrogens is 284 g/mol. The van der Waals surface area contributed by atoms with E-state index in [1.807, 2.05) is 6.20 Å². The summed E-state index contributed by atoms with van der Waals surface area (Å²) in [6, 6.07) is 0.312. The predicted molar refractivity (Wildman–Crippen MR) is 92.9 cm³/mol. The molecule has 5 saturated carbocycles. The highest BCUT2D eigenvalue weighted by Crippen LogP contribution is 2.61. The Hall–Kier alpha value is -0.990. The zero-order valence-corrected chi connectivity index (χ0v) is 14.6. The number of rotatable bonds is 3. The SMILES string of the molecule is CC(NC(=O)NC=C1CCCCC1)C12CC3CC(CC(C3)C1)C2. The van der Waals surface area contributed by atoms with Gasteiger partial charge in [0.05, 0.1) is 0 Å². The second kappa shape index (κ2) is 6.14. The van der Waals surface area contributed by atoms with Crippen molar-refractivity contribution in [2.24, 2.45) is 23.2 Å². The lowest BCUT2D eigenvalue weighted by atomic mass is 9.48. The van der Waals surface area contributed by atoms with Gasteiger partial charge in [0, 0.05) is 12.2 Å². The molecule has 0 heterocycles. The van der Waals surface area contributed by atoms with Gasteiger partial charge in [0.2, 0.25) is 0 Å². The van der Waals surface area contributed by atoms with Crippen LogP contribution in [0.1, 0.15) is 77.6 Å². The molecule has 4 bridgehead atoms. The second-order valence-electron chi connectivity index (χ2n) is 8.98. The molecule has 0 aromatic carbocycles. The van der Waals surface area contributed by atoms with Crippen molar-refractivity contribution in [1.29, 1.82) is 0 Å². The van der Waals surface area contributed by atoms with Crippen molar-refractivity contribution in [3.05, 3.63) is 11.8 Å². The highest BCUT2D eigenvalue weighted by atomic mass is 16.2. The Kier molecular flexibility index (Phi) is 4.15. The third-order valence-electron chi connectivity index (χ3n) is 7.25. The third kappa shape index (κ3) is 3.16. The smallest absolute Gasteiger partial charge is 0.318 e. The van der Waals surface area contributed by atoms with Gasteiger partial charge < -0.3 is 10.6 Å². The molecule has 0 aromatic heterocycles. The minimum atomic E-state index is 0.00585. The third-order valence-corrected chi connectivity index (χ3v) is 7.25. The first kappa shape index (κ1) is 15.5. The molecule has 0 saturated heterocycles. The van der Waals surface area contributed by atoms with Gasteiger partial charge in [-0.3, -0.25) is 0 Å². The van der Waals surface area contributed by atoms with Crippen molar-refractivity contribution in [2.45, 2.75) is 83.6 Å². The van der Waals surface area contributed by atoms with Crippen molar-refractivity contribution >= 4 is 6.03 Å². The molecule has 3 heteroatoms. The van der Waals surface area contributed by atoms with Crippen LogP contribution < -0.4 is 10.6 Å². The van der Waals surface area contributed by atoms with E-state index in [1.54, 1.807) is 0 Å². The molecule has 2 N–H and O–H groups in total. The number of hydrogen-bond donors (Lipinski definition) is 2. The van der Waals surface area contributed by atoms with Gasteiger partial charge in [0.1, 0.15) is 0 Å². The minimum Gasteiger partial charge on any atom is -0.335 e. The number of allylic oxidation sites excluding steroid dienone is 1. The predicted octanol–water partition coefficient (Wildman–Crippen LogP) is 4.74. The van der Waals surface area contributed by atoms with E-state index >= 15 is 0 Å². The van der Waals surface area contributed by atoms with E-state index in [2.05, 4.69) is 17.6 Å². The number of amides is 2. The van der Waals surface area contributed by atoms with E-state index in [-0.39, 0.29) is 6.03 Å². The van der Waals surface area contributed by atoms with Crippen LogP contribution in [0.5, 0.6) is 0 Å². The van der Waals surface area contributed by atoms with Crippen LogP contribution in [0.2, 0.25) is 0 Å². The van der Waals surface area contributed by atoms with Crippen LogP contribution in [0.25, 0.3) is 0 Å². The summed E-state index contributed by atoms with van der Waals surface area (Å²) in [6.45, 7) is 2.25. The van der Waals surface area contributed by atoms with Crippen molar-refractivity contribution in [1.82, 2.24) is 10.6 Å². The van der Waals surface area contributed by atoms with Crippen LogP contribution in [0.15, 0.2) is 11.8 Å². The number of urea groups is 1. The monoisotopic (exact) mass is 316 g/mol. The molecule has 0 aliphatic heterocycles. The summed E-state index contributed by atoms with van der Waals surface area (Å²) in [5.41, 5.74) is 1.80. The molecule has 0 spiro atoms. The van der Waals surface area contributed by atoms with Gasteiger partial charge in [-0.1, -0.05) is 12.0 Å². The van der Waals surface area contributed by atoms with Gasteiger partial charge in [-0.25, -0.2) is 4.79 Å². The summed E-state index contributed by atoms with van der Waals surface area (Å²) >= 11 is 0. The first-order valence-corrected chi connectivity index (χ1v) is 9.88. The lowest BCUT2D eigenvalue weighted by molar-refractivity contribution is -0.0681. The summed E-state index contributed by atoms with van der Waals surface area (Å²) < 4.78 is 0. The number of carbonyl (C=O) groups excluding carboxylic acids is 1. The molecule has 0 aromatic rings. The average Bonchev–Trinajstić information content (AvgIpc) is 2.52. The highest BCUT2D eigenvalue weighted by molar-refractivity contribution is 5.75. The maximum absolute atomic E-state index is 12.3. The fourth-order valence-electron chi connectivity index (χ4n) is 6.42. The standard InChI is InChI=1S/C20H32N2O/c1-14(22-19(23)21-13-15-5-3-2-4-6-15)20-10-16-7-17(11-20)9-18(8-16)12-20/h13-14,16-18H,2-12H2,1H3,(H2,21,22,23). The summed E-state index contributed by atoms with van der Waals surface area (Å²) in [5.74, 6) is 2.83. The van der Waals surface area contributed by atoms with Crippen LogP contribution in [-0.4, -0.2) is 12.1 Å². The largest absolute Gasteiger partial charge is 0.335 e. The van der Waals surface area contributed by atoms with E-state index in [4.69, 9.17) is 0 Å². The van der Waals surface area contributed by atoms with Gasteiger partial charge in [0.25, 0.3) is 0 Å². The van der Waals surface area contributed by atoms with Crippen LogP contribution >= 0.6 is 0 Å². The first-order chi connectivity index (χ1) is 11.1. The summed E-state index contributed by atoms with van der Waals surface area (Å²) in [6.07, 6.45) is 16.6. The molecule has 128 valence electrons. The molecule has 1 atom stereocenters. The maximum Gasteiger partial charge on any atom is 0.318 e. The van der Waals surface area contributed by atoms with Crippen molar-refractivity contribution in [2.75, 3.05) is 0 Å². The van der Waals surface area contributed by atoms with Crippen molar-refractivity contribution in [3.8, 4) is 0 Å². The van der Waals surface area contributed by atoms with Gasteiger partial charge >= 0.3 is 6.03 Å². The van der Waals surface area contributed by atoms with E-state index in [1.165, 1.54) is 63.4 Å². The fourth-order valence-corrected chi connectivity index (χ4v) is 6.42. The Morgan fingerprint density at radius 2 is 1.61 bits per heavy atom. The molecule has 2 amide bonds. The minimum absolute atomic E-state index is 0.00585. The molecule has 1 unspecified atom stereocenters. The Bertz CT molecular complexity index is 453. The summed E-state index contributed by atoms with van der Waals surface area (Å²) in [4.78, 5) is 12.3. The van der Waals surface area contributed by atoms with Gasteiger partial charge in [-0.05, 0) is 94.3 Å². The molecule has 23 heavy (non-hydrogen) atoms. The molecular formula is C20H32N2O. The maximum atomic E-state index is 12.3. The quantitative estimate of drug-likeness (QED) is 0.776. The lowest BCUT2D eigenvalue weighted by Gasteiger charge is -2.59. The van der Waals surface area contributed by atoms with Gasteiger partial charge in [0.15, 0.2) is 0 Å². The Labute approximate surface area is 140 Å². The normalized spacial score (nSPS) is 39.9. The molecule has 5 aliphatic carbocycles. The van der Waals surface area contributed by atoms with Crippen molar-refractivity contribution in [3.63, 3.8) is 0 Å². The fraction of sp³-hybridized carbons (Fsp3) is 0.850. The van der Waals surface area contributed by atoms with E-state index < -0.39 is 0 Å². The number of nitrogens with one attached hydrogen (secondary N) is 2. The zero-order valence-electron chi connectivity index (χ0n) is 14.6. The average molecular weight is 316 g/mol. The van der Waals surface area contributed by atoms with Crippen molar-refractivity contribution < 1.29 is 4.79 Å². The first-order valence-electron chi connectivity index (χ1n) is 9.88. The topological polar surface area (TPSA) is 41.1 Å². The zero-order chi connectivity index (χ0) is 15.9. The Balaban J connectivity index is 1.34. The second-order valence-corrected chi connectivity index (χ2v) is 8.98. The highest BCUT2D eigenvalue weighted by Gasteiger charge is 2.53. The van der Waals surface area contributed by atoms with Crippen LogP contribution in [0.4, 0.5) is 4.79 Å².